The Kier molecular flexibility index (Phi) is 5.55. The zero-order valence-electron chi connectivity index (χ0n) is 11.1. The Morgan fingerprint density at radius 3 is 2.61 bits per heavy atom. The molecule has 0 aromatic rings. The molecule has 0 bridgehead atoms. The van der Waals surface area contributed by atoms with Crippen molar-refractivity contribution in [3.05, 3.63) is 0 Å². The molecule has 1 fully saturated rings. The molecular formula is C12H22N2O4. The summed E-state index contributed by atoms with van der Waals surface area (Å²) in [5.74, 6) is -1.03. The molecule has 1 aliphatic rings. The SMILES string of the molecule is COC1CNC(C(=O)NC(CC(C)C)C(=O)O)C1. The van der Waals surface area contributed by atoms with Gasteiger partial charge >= 0.3 is 5.97 Å². The summed E-state index contributed by atoms with van der Waals surface area (Å²) in [4.78, 5) is 23.0. The summed E-state index contributed by atoms with van der Waals surface area (Å²) in [6, 6.07) is -1.18. The number of hydrogen-bond acceptors (Lipinski definition) is 4. The molecule has 1 amide bonds. The van der Waals surface area contributed by atoms with Gasteiger partial charge in [-0.25, -0.2) is 4.79 Å². The van der Waals surface area contributed by atoms with Gasteiger partial charge in [0.05, 0.1) is 12.1 Å². The Morgan fingerprint density at radius 2 is 2.17 bits per heavy atom. The normalized spacial score (nSPS) is 25.1. The van der Waals surface area contributed by atoms with Crippen molar-refractivity contribution in [3.63, 3.8) is 0 Å². The fourth-order valence-electron chi connectivity index (χ4n) is 2.05. The van der Waals surface area contributed by atoms with Gasteiger partial charge in [-0.15, -0.1) is 0 Å². The van der Waals surface area contributed by atoms with E-state index in [2.05, 4.69) is 10.6 Å². The van der Waals surface area contributed by atoms with Crippen LogP contribution in [0.5, 0.6) is 0 Å². The van der Waals surface area contributed by atoms with Crippen LogP contribution >= 0.6 is 0 Å². The van der Waals surface area contributed by atoms with Crippen molar-refractivity contribution in [2.75, 3.05) is 13.7 Å². The van der Waals surface area contributed by atoms with Gasteiger partial charge in [-0.3, -0.25) is 4.79 Å². The molecule has 3 atom stereocenters. The predicted octanol–water partition coefficient (Wildman–Crippen LogP) is -0.0212. The summed E-state index contributed by atoms with van der Waals surface area (Å²) in [5, 5.41) is 14.7. The molecule has 6 heteroatoms. The lowest BCUT2D eigenvalue weighted by atomic mass is 10.0. The molecule has 0 spiro atoms. The second-order valence-electron chi connectivity index (χ2n) is 5.08. The number of methoxy groups -OCH3 is 1. The summed E-state index contributed by atoms with van der Waals surface area (Å²) in [6.07, 6.45) is 1.03. The number of aliphatic carboxylic acids is 1. The standard InChI is InChI=1S/C12H22N2O4/c1-7(2)4-10(12(16)17)14-11(15)9-5-8(18-3)6-13-9/h7-10,13H,4-6H2,1-3H3,(H,14,15)(H,16,17). The maximum Gasteiger partial charge on any atom is 0.326 e. The summed E-state index contributed by atoms with van der Waals surface area (Å²) < 4.78 is 5.15. The van der Waals surface area contributed by atoms with E-state index in [1.807, 2.05) is 13.8 Å². The minimum Gasteiger partial charge on any atom is -0.480 e. The van der Waals surface area contributed by atoms with Crippen molar-refractivity contribution in [3.8, 4) is 0 Å². The summed E-state index contributed by atoms with van der Waals surface area (Å²) in [6.45, 7) is 4.48. The van der Waals surface area contributed by atoms with Crippen LogP contribution in [0.4, 0.5) is 0 Å². The molecule has 1 rings (SSSR count). The molecule has 0 saturated carbocycles. The van der Waals surface area contributed by atoms with Gasteiger partial charge in [-0.05, 0) is 18.8 Å². The number of carboxylic acids is 1. The van der Waals surface area contributed by atoms with Gasteiger partial charge in [-0.2, -0.15) is 0 Å². The van der Waals surface area contributed by atoms with E-state index in [-0.39, 0.29) is 24.0 Å². The van der Waals surface area contributed by atoms with Crippen LogP contribution in [-0.4, -0.2) is 48.8 Å². The monoisotopic (exact) mass is 258 g/mol. The summed E-state index contributed by atoms with van der Waals surface area (Å²) in [5.41, 5.74) is 0. The highest BCUT2D eigenvalue weighted by atomic mass is 16.5. The average Bonchev–Trinajstić information content (AvgIpc) is 2.75. The summed E-state index contributed by atoms with van der Waals surface area (Å²) in [7, 11) is 1.60. The van der Waals surface area contributed by atoms with Gasteiger partial charge in [0.15, 0.2) is 0 Å². The highest BCUT2D eigenvalue weighted by molar-refractivity contribution is 5.87. The number of carboxylic acid groups (broad SMARTS) is 1. The molecule has 0 aromatic carbocycles. The fraction of sp³-hybridized carbons (Fsp3) is 0.833. The van der Waals surface area contributed by atoms with Crippen molar-refractivity contribution < 1.29 is 19.4 Å². The predicted molar refractivity (Wildman–Crippen MR) is 66.2 cm³/mol. The Bertz CT molecular complexity index is 306. The molecule has 3 unspecified atom stereocenters. The second kappa shape index (κ2) is 6.70. The molecule has 1 heterocycles. The molecule has 1 saturated heterocycles. The van der Waals surface area contributed by atoms with E-state index in [4.69, 9.17) is 9.84 Å². The largest absolute Gasteiger partial charge is 0.480 e. The van der Waals surface area contributed by atoms with E-state index in [0.29, 0.717) is 19.4 Å². The zero-order valence-corrected chi connectivity index (χ0v) is 11.1. The Hall–Kier alpha value is -1.14. The van der Waals surface area contributed by atoms with Crippen LogP contribution in [0.3, 0.4) is 0 Å². The number of nitrogens with one attached hydrogen (secondary N) is 2. The van der Waals surface area contributed by atoms with Crippen LogP contribution in [0.2, 0.25) is 0 Å². The molecule has 0 radical (unpaired) electrons. The van der Waals surface area contributed by atoms with Crippen molar-refractivity contribution in [1.29, 1.82) is 0 Å². The van der Waals surface area contributed by atoms with Gasteiger partial charge in [-0.1, -0.05) is 13.8 Å². The lowest BCUT2D eigenvalue weighted by molar-refractivity contribution is -0.142. The molecule has 6 nitrogen and oxygen atoms in total. The van der Waals surface area contributed by atoms with E-state index in [0.717, 1.165) is 0 Å². The minimum absolute atomic E-state index is 0.0223. The van der Waals surface area contributed by atoms with Gasteiger partial charge in [0.1, 0.15) is 6.04 Å². The van der Waals surface area contributed by atoms with Crippen LogP contribution in [0.15, 0.2) is 0 Å². The number of amides is 1. The van der Waals surface area contributed by atoms with Gasteiger partial charge in [0.25, 0.3) is 0 Å². The first-order chi connectivity index (χ1) is 8.43. The van der Waals surface area contributed by atoms with E-state index < -0.39 is 12.0 Å². The third kappa shape index (κ3) is 4.27. The lowest BCUT2D eigenvalue weighted by Gasteiger charge is -2.19. The maximum absolute atomic E-state index is 11.9. The van der Waals surface area contributed by atoms with Crippen molar-refractivity contribution in [1.82, 2.24) is 10.6 Å². The zero-order chi connectivity index (χ0) is 13.7. The van der Waals surface area contributed by atoms with Crippen molar-refractivity contribution in [2.45, 2.75) is 44.9 Å². The van der Waals surface area contributed by atoms with Gasteiger partial charge < -0.3 is 20.5 Å². The van der Waals surface area contributed by atoms with Crippen molar-refractivity contribution >= 4 is 11.9 Å². The van der Waals surface area contributed by atoms with E-state index in [1.165, 1.54) is 0 Å². The third-order valence-corrected chi connectivity index (χ3v) is 3.06. The van der Waals surface area contributed by atoms with Crippen LogP contribution < -0.4 is 10.6 Å². The fourth-order valence-corrected chi connectivity index (χ4v) is 2.05. The minimum atomic E-state index is -0.988. The van der Waals surface area contributed by atoms with Crippen LogP contribution in [0.25, 0.3) is 0 Å². The number of rotatable bonds is 6. The highest BCUT2D eigenvalue weighted by Gasteiger charge is 2.31. The number of hydrogen-bond donors (Lipinski definition) is 3. The van der Waals surface area contributed by atoms with Crippen LogP contribution in [-0.2, 0) is 14.3 Å². The molecule has 1 aliphatic heterocycles. The lowest BCUT2D eigenvalue weighted by Crippen LogP contribution is -2.48. The molecule has 0 aliphatic carbocycles. The Labute approximate surface area is 107 Å². The number of carbonyl (C=O) groups excluding carboxylic acids is 1. The van der Waals surface area contributed by atoms with Gasteiger partial charge in [0, 0.05) is 13.7 Å². The first-order valence-corrected chi connectivity index (χ1v) is 6.23. The Morgan fingerprint density at radius 1 is 1.50 bits per heavy atom. The highest BCUT2D eigenvalue weighted by Crippen LogP contribution is 2.11. The quantitative estimate of drug-likeness (QED) is 0.623. The first kappa shape index (κ1) is 14.9. The maximum atomic E-state index is 11.9. The smallest absolute Gasteiger partial charge is 0.326 e. The topological polar surface area (TPSA) is 87.7 Å². The average molecular weight is 258 g/mol. The van der Waals surface area contributed by atoms with Crippen LogP contribution in [0.1, 0.15) is 26.7 Å². The first-order valence-electron chi connectivity index (χ1n) is 6.23. The van der Waals surface area contributed by atoms with E-state index in [9.17, 15) is 9.59 Å². The molecule has 3 N–H and O–H groups in total. The van der Waals surface area contributed by atoms with Crippen molar-refractivity contribution in [2.24, 2.45) is 5.92 Å². The number of ether oxygens (including phenoxy) is 1. The van der Waals surface area contributed by atoms with Gasteiger partial charge in [0.2, 0.25) is 5.91 Å². The molecule has 104 valence electrons. The molecular weight excluding hydrogens is 236 g/mol. The van der Waals surface area contributed by atoms with E-state index >= 15 is 0 Å². The molecule has 0 aromatic heterocycles. The van der Waals surface area contributed by atoms with Crippen LogP contribution in [0, 0.1) is 5.92 Å². The summed E-state index contributed by atoms with van der Waals surface area (Å²) >= 11 is 0. The third-order valence-electron chi connectivity index (χ3n) is 3.06. The number of carbonyl (C=O) groups is 2. The molecule has 18 heavy (non-hydrogen) atoms. The van der Waals surface area contributed by atoms with E-state index in [1.54, 1.807) is 7.11 Å². The second-order valence-corrected chi connectivity index (χ2v) is 5.08. The Balaban J connectivity index is 2.49.